The molecule has 2 aromatic heterocycles. The van der Waals surface area contributed by atoms with Gasteiger partial charge in [0.1, 0.15) is 11.6 Å². The lowest BCUT2D eigenvalue weighted by Crippen LogP contribution is -2.07. The molecule has 0 atom stereocenters. The average Bonchev–Trinajstić information content (AvgIpc) is 3.15. The van der Waals surface area contributed by atoms with Gasteiger partial charge in [0, 0.05) is 30.7 Å². The van der Waals surface area contributed by atoms with Crippen LogP contribution in [-0.4, -0.2) is 19.1 Å². The SMILES string of the molecule is CCc1nccn1Cc1cn(-c2cc(F)cc(C(F)(F)F)c2)cn1.Cl. The van der Waals surface area contributed by atoms with Crippen molar-refractivity contribution in [1.29, 1.82) is 0 Å². The van der Waals surface area contributed by atoms with Gasteiger partial charge in [-0.05, 0) is 18.2 Å². The van der Waals surface area contributed by atoms with Gasteiger partial charge in [-0.3, -0.25) is 0 Å². The molecule has 0 unspecified atom stereocenters. The maximum atomic E-state index is 13.5. The van der Waals surface area contributed by atoms with Crippen LogP contribution in [0.15, 0.2) is 43.1 Å². The summed E-state index contributed by atoms with van der Waals surface area (Å²) < 4.78 is 55.2. The van der Waals surface area contributed by atoms with Crippen molar-refractivity contribution in [3.63, 3.8) is 0 Å². The summed E-state index contributed by atoms with van der Waals surface area (Å²) in [6, 6.07) is 2.40. The first-order valence-electron chi connectivity index (χ1n) is 7.28. The molecule has 4 nitrogen and oxygen atoms in total. The molecular formula is C16H15ClF4N4. The summed E-state index contributed by atoms with van der Waals surface area (Å²) in [7, 11) is 0. The van der Waals surface area contributed by atoms with Crippen molar-refractivity contribution >= 4 is 12.4 Å². The fourth-order valence-electron chi connectivity index (χ4n) is 2.45. The maximum absolute atomic E-state index is 13.5. The fraction of sp³-hybridized carbons (Fsp3) is 0.250. The molecule has 0 fully saturated rings. The van der Waals surface area contributed by atoms with Crippen molar-refractivity contribution < 1.29 is 17.6 Å². The van der Waals surface area contributed by atoms with Crippen LogP contribution in [-0.2, 0) is 19.1 Å². The quantitative estimate of drug-likeness (QED) is 0.640. The van der Waals surface area contributed by atoms with E-state index in [9.17, 15) is 17.6 Å². The Labute approximate surface area is 147 Å². The lowest BCUT2D eigenvalue weighted by molar-refractivity contribution is -0.137. The molecule has 0 N–H and O–H groups in total. The van der Waals surface area contributed by atoms with Crippen molar-refractivity contribution in [2.75, 3.05) is 0 Å². The second-order valence-corrected chi connectivity index (χ2v) is 5.29. The van der Waals surface area contributed by atoms with Crippen LogP contribution in [0.5, 0.6) is 0 Å². The number of alkyl halides is 3. The molecule has 1 aromatic carbocycles. The minimum atomic E-state index is -4.60. The van der Waals surface area contributed by atoms with E-state index in [0.717, 1.165) is 24.4 Å². The molecule has 0 saturated carbocycles. The molecule has 0 radical (unpaired) electrons. The van der Waals surface area contributed by atoms with Crippen LogP contribution < -0.4 is 0 Å². The topological polar surface area (TPSA) is 35.6 Å². The minimum Gasteiger partial charge on any atom is -0.329 e. The number of halogens is 5. The zero-order chi connectivity index (χ0) is 17.3. The van der Waals surface area contributed by atoms with Crippen molar-refractivity contribution in [3.8, 4) is 5.69 Å². The Hall–Kier alpha value is -2.35. The van der Waals surface area contributed by atoms with E-state index in [0.29, 0.717) is 18.3 Å². The van der Waals surface area contributed by atoms with E-state index in [1.807, 2.05) is 17.7 Å². The summed E-state index contributed by atoms with van der Waals surface area (Å²) in [6.07, 6.45) is 2.58. The second kappa shape index (κ2) is 7.26. The molecule has 25 heavy (non-hydrogen) atoms. The Morgan fingerprint density at radius 2 is 1.88 bits per heavy atom. The summed E-state index contributed by atoms with van der Waals surface area (Å²) in [5.41, 5.74) is -0.321. The Bertz CT molecular complexity index is 854. The largest absolute Gasteiger partial charge is 0.416 e. The standard InChI is InChI=1S/C16H14F4N4.ClH/c1-2-15-21-3-4-23(15)8-13-9-24(10-22-13)14-6-11(16(18,19)20)5-12(17)7-14;/h3-7,9-10H,2,8H2,1H3;1H. The molecule has 3 rings (SSSR count). The van der Waals surface area contributed by atoms with Crippen LogP contribution in [0.3, 0.4) is 0 Å². The van der Waals surface area contributed by atoms with Gasteiger partial charge in [0.25, 0.3) is 0 Å². The Morgan fingerprint density at radius 1 is 1.12 bits per heavy atom. The van der Waals surface area contributed by atoms with Crippen LogP contribution in [0.2, 0.25) is 0 Å². The summed E-state index contributed by atoms with van der Waals surface area (Å²) >= 11 is 0. The molecule has 0 spiro atoms. The second-order valence-electron chi connectivity index (χ2n) is 5.29. The molecule has 134 valence electrons. The first-order valence-corrected chi connectivity index (χ1v) is 7.28. The number of rotatable bonds is 4. The van der Waals surface area contributed by atoms with Gasteiger partial charge in [0.15, 0.2) is 0 Å². The summed E-state index contributed by atoms with van der Waals surface area (Å²) in [4.78, 5) is 8.37. The molecule has 0 aliphatic rings. The summed E-state index contributed by atoms with van der Waals surface area (Å²) in [5.74, 6) is -0.0624. The normalized spacial score (nSPS) is 11.4. The number of nitrogens with zero attached hydrogens (tertiary/aromatic N) is 4. The Balaban J connectivity index is 0.00000225. The number of aromatic nitrogens is 4. The predicted molar refractivity (Wildman–Crippen MR) is 86.5 cm³/mol. The molecule has 0 saturated heterocycles. The Morgan fingerprint density at radius 3 is 2.56 bits per heavy atom. The number of imidazole rings is 2. The average molecular weight is 375 g/mol. The third-order valence-corrected chi connectivity index (χ3v) is 3.59. The fourth-order valence-corrected chi connectivity index (χ4v) is 2.45. The van der Waals surface area contributed by atoms with Gasteiger partial charge in [-0.15, -0.1) is 12.4 Å². The molecule has 2 heterocycles. The maximum Gasteiger partial charge on any atom is 0.416 e. The third kappa shape index (κ3) is 4.19. The van der Waals surface area contributed by atoms with E-state index in [4.69, 9.17) is 0 Å². The molecule has 0 aliphatic heterocycles. The molecule has 9 heteroatoms. The molecule has 3 aromatic rings. The predicted octanol–water partition coefficient (Wildman–Crippen LogP) is 4.26. The number of aryl methyl sites for hydroxylation is 1. The van der Waals surface area contributed by atoms with E-state index in [2.05, 4.69) is 9.97 Å². The van der Waals surface area contributed by atoms with E-state index >= 15 is 0 Å². The lowest BCUT2D eigenvalue weighted by Gasteiger charge is -2.09. The molecule has 0 bridgehead atoms. The first kappa shape index (κ1) is 19.0. The van der Waals surface area contributed by atoms with Gasteiger partial charge in [-0.1, -0.05) is 6.92 Å². The van der Waals surface area contributed by atoms with E-state index < -0.39 is 17.6 Å². The summed E-state index contributed by atoms with van der Waals surface area (Å²) in [5, 5.41) is 0. The smallest absolute Gasteiger partial charge is 0.329 e. The van der Waals surface area contributed by atoms with Gasteiger partial charge < -0.3 is 9.13 Å². The van der Waals surface area contributed by atoms with Gasteiger partial charge in [-0.25, -0.2) is 14.4 Å². The highest BCUT2D eigenvalue weighted by Gasteiger charge is 2.31. The van der Waals surface area contributed by atoms with Gasteiger partial charge >= 0.3 is 6.18 Å². The number of hydrogen-bond donors (Lipinski definition) is 0. The van der Waals surface area contributed by atoms with Crippen LogP contribution in [0.1, 0.15) is 24.0 Å². The Kier molecular flexibility index (Phi) is 5.52. The highest BCUT2D eigenvalue weighted by molar-refractivity contribution is 5.85. The van der Waals surface area contributed by atoms with E-state index in [1.165, 1.54) is 10.9 Å². The van der Waals surface area contributed by atoms with Gasteiger partial charge in [0.2, 0.25) is 0 Å². The van der Waals surface area contributed by atoms with E-state index in [1.54, 1.807) is 12.4 Å². The molecule has 0 aliphatic carbocycles. The lowest BCUT2D eigenvalue weighted by atomic mass is 10.2. The van der Waals surface area contributed by atoms with Crippen molar-refractivity contribution in [1.82, 2.24) is 19.1 Å². The van der Waals surface area contributed by atoms with Crippen molar-refractivity contribution in [3.05, 3.63) is 66.0 Å². The third-order valence-electron chi connectivity index (χ3n) is 3.59. The number of hydrogen-bond acceptors (Lipinski definition) is 2. The van der Waals surface area contributed by atoms with Crippen molar-refractivity contribution in [2.24, 2.45) is 0 Å². The van der Waals surface area contributed by atoms with E-state index in [-0.39, 0.29) is 18.1 Å². The first-order chi connectivity index (χ1) is 11.4. The minimum absolute atomic E-state index is 0. The van der Waals surface area contributed by atoms with Crippen LogP contribution in [0.25, 0.3) is 5.69 Å². The highest BCUT2D eigenvalue weighted by Crippen LogP contribution is 2.31. The zero-order valence-corrected chi connectivity index (χ0v) is 14.0. The monoisotopic (exact) mass is 374 g/mol. The molecule has 0 amide bonds. The zero-order valence-electron chi connectivity index (χ0n) is 13.2. The van der Waals surface area contributed by atoms with Gasteiger partial charge in [-0.2, -0.15) is 13.2 Å². The summed E-state index contributed by atoms with van der Waals surface area (Å²) in [6.45, 7) is 2.42. The number of benzene rings is 1. The molecular weight excluding hydrogens is 360 g/mol. The van der Waals surface area contributed by atoms with Crippen molar-refractivity contribution in [2.45, 2.75) is 26.1 Å². The van der Waals surface area contributed by atoms with Crippen LogP contribution in [0.4, 0.5) is 17.6 Å². The van der Waals surface area contributed by atoms with Crippen LogP contribution >= 0.6 is 12.4 Å². The highest BCUT2D eigenvalue weighted by atomic mass is 35.5. The van der Waals surface area contributed by atoms with Crippen LogP contribution in [0, 0.1) is 5.82 Å². The van der Waals surface area contributed by atoms with Gasteiger partial charge in [0.05, 0.1) is 24.1 Å².